The van der Waals surface area contributed by atoms with Gasteiger partial charge in [-0.3, -0.25) is 0 Å². The summed E-state index contributed by atoms with van der Waals surface area (Å²) in [4.78, 5) is 4.09. The molecule has 0 radical (unpaired) electrons. The molecule has 0 atom stereocenters. The third-order valence-electron chi connectivity index (χ3n) is 4.64. The Hall–Kier alpha value is -2.88. The Balaban J connectivity index is 1.45. The molecule has 4 nitrogen and oxygen atoms in total. The van der Waals surface area contributed by atoms with Crippen molar-refractivity contribution in [3.05, 3.63) is 77.1 Å². The van der Waals surface area contributed by atoms with Gasteiger partial charge in [-0.05, 0) is 48.9 Å². The molecule has 0 unspecified atom stereocenters. The van der Waals surface area contributed by atoms with Crippen molar-refractivity contribution in [3.8, 4) is 11.3 Å². The number of rotatable bonds is 5. The van der Waals surface area contributed by atoms with Gasteiger partial charge in [-0.25, -0.2) is 4.98 Å². The second kappa shape index (κ2) is 6.93. The van der Waals surface area contributed by atoms with Gasteiger partial charge in [0.15, 0.2) is 5.76 Å². The van der Waals surface area contributed by atoms with E-state index in [0.29, 0.717) is 11.6 Å². The van der Waals surface area contributed by atoms with Crippen LogP contribution in [-0.4, -0.2) is 10.1 Å². The highest BCUT2D eigenvalue weighted by molar-refractivity contribution is 5.69. The van der Waals surface area contributed by atoms with Gasteiger partial charge in [-0.15, -0.1) is 0 Å². The first-order valence-electron chi connectivity index (χ1n) is 8.70. The van der Waals surface area contributed by atoms with E-state index in [1.165, 1.54) is 30.4 Å². The minimum absolute atomic E-state index is 0.454. The number of nitrogen functional groups attached to an aromatic ring is 1. The van der Waals surface area contributed by atoms with Crippen LogP contribution in [0, 0.1) is 0 Å². The molecule has 1 aromatic carbocycles. The molecule has 3 aromatic rings. The molecular weight excluding hydrogens is 310 g/mol. The topological polar surface area (TPSA) is 64.9 Å². The molecule has 25 heavy (non-hydrogen) atoms. The monoisotopic (exact) mass is 331 g/mol. The van der Waals surface area contributed by atoms with E-state index in [2.05, 4.69) is 40.5 Å². The normalized spacial score (nSPS) is 13.8. The molecule has 0 amide bonds. The molecule has 0 saturated carbocycles. The van der Waals surface area contributed by atoms with Gasteiger partial charge in [0.1, 0.15) is 5.82 Å². The Morgan fingerprint density at radius 1 is 1.04 bits per heavy atom. The molecule has 1 aliphatic carbocycles. The smallest absolute Gasteiger partial charge is 0.170 e. The number of anilines is 1. The Labute approximate surface area is 147 Å². The van der Waals surface area contributed by atoms with Crippen LogP contribution in [0.15, 0.2) is 64.8 Å². The van der Waals surface area contributed by atoms with E-state index < -0.39 is 0 Å². The molecular formula is C21H21N3O. The van der Waals surface area contributed by atoms with Gasteiger partial charge in [0.2, 0.25) is 0 Å². The van der Waals surface area contributed by atoms with Gasteiger partial charge >= 0.3 is 0 Å². The number of benzene rings is 1. The summed E-state index contributed by atoms with van der Waals surface area (Å²) < 4.78 is 5.44. The van der Waals surface area contributed by atoms with Gasteiger partial charge in [0.25, 0.3) is 0 Å². The quantitative estimate of drug-likeness (QED) is 0.696. The molecule has 0 spiro atoms. The summed E-state index contributed by atoms with van der Waals surface area (Å²) in [7, 11) is 0. The zero-order valence-electron chi connectivity index (χ0n) is 14.1. The van der Waals surface area contributed by atoms with Crippen LogP contribution < -0.4 is 5.73 Å². The van der Waals surface area contributed by atoms with E-state index >= 15 is 0 Å². The molecule has 0 saturated heterocycles. The highest BCUT2D eigenvalue weighted by Gasteiger charge is 2.11. The summed E-state index contributed by atoms with van der Waals surface area (Å²) >= 11 is 0. The molecule has 2 aromatic heterocycles. The first kappa shape index (κ1) is 15.6. The van der Waals surface area contributed by atoms with Crippen molar-refractivity contribution in [2.45, 2.75) is 32.1 Å². The summed E-state index contributed by atoms with van der Waals surface area (Å²) in [6.45, 7) is 0. The molecule has 4 heteroatoms. The predicted octanol–water partition coefficient (Wildman–Crippen LogP) is 4.56. The lowest BCUT2D eigenvalue weighted by molar-refractivity contribution is 0.425. The molecule has 2 N–H and O–H groups in total. The molecule has 4 rings (SSSR count). The zero-order valence-corrected chi connectivity index (χ0v) is 14.1. The van der Waals surface area contributed by atoms with Crippen LogP contribution in [-0.2, 0) is 12.8 Å². The highest BCUT2D eigenvalue weighted by atomic mass is 16.5. The lowest BCUT2D eigenvalue weighted by Gasteiger charge is -2.04. The van der Waals surface area contributed by atoms with Crippen molar-refractivity contribution in [1.82, 2.24) is 10.1 Å². The number of aromatic nitrogens is 2. The number of nitrogens with two attached hydrogens (primary N) is 1. The van der Waals surface area contributed by atoms with Gasteiger partial charge in [0, 0.05) is 18.7 Å². The number of pyridine rings is 1. The molecule has 126 valence electrons. The van der Waals surface area contributed by atoms with E-state index in [4.69, 9.17) is 10.3 Å². The average molecular weight is 331 g/mol. The molecule has 2 heterocycles. The van der Waals surface area contributed by atoms with E-state index in [1.54, 1.807) is 11.8 Å². The minimum Gasteiger partial charge on any atom is -0.383 e. The van der Waals surface area contributed by atoms with Crippen LogP contribution >= 0.6 is 0 Å². The summed E-state index contributed by atoms with van der Waals surface area (Å²) in [5, 5.41) is 4.17. The van der Waals surface area contributed by atoms with Crippen LogP contribution in [0.1, 0.15) is 36.1 Å². The third-order valence-corrected chi connectivity index (χ3v) is 4.64. The van der Waals surface area contributed by atoms with Crippen molar-refractivity contribution in [3.63, 3.8) is 0 Å². The second-order valence-corrected chi connectivity index (χ2v) is 6.54. The highest BCUT2D eigenvalue weighted by Crippen LogP contribution is 2.26. The molecule has 0 bridgehead atoms. The lowest BCUT2D eigenvalue weighted by atomic mass is 10.0. The van der Waals surface area contributed by atoms with Gasteiger partial charge in [-0.2, -0.15) is 0 Å². The fraction of sp³-hybridized carbons (Fsp3) is 0.238. The number of hydrogen-bond acceptors (Lipinski definition) is 4. The Morgan fingerprint density at radius 2 is 1.84 bits per heavy atom. The summed E-state index contributed by atoms with van der Waals surface area (Å²) in [5.74, 6) is 1.11. The van der Waals surface area contributed by atoms with Crippen molar-refractivity contribution in [2.75, 3.05) is 5.73 Å². The van der Waals surface area contributed by atoms with Gasteiger partial charge < -0.3 is 10.3 Å². The third kappa shape index (κ3) is 3.63. The minimum atomic E-state index is 0.454. The van der Waals surface area contributed by atoms with E-state index in [9.17, 15) is 0 Å². The summed E-state index contributed by atoms with van der Waals surface area (Å²) in [6, 6.07) is 14.5. The number of hydrogen-bond donors (Lipinski definition) is 1. The molecule has 0 aliphatic heterocycles. The first-order valence-corrected chi connectivity index (χ1v) is 8.70. The predicted molar refractivity (Wildman–Crippen MR) is 99.0 cm³/mol. The van der Waals surface area contributed by atoms with E-state index in [1.807, 2.05) is 18.2 Å². The largest absolute Gasteiger partial charge is 0.383 e. The van der Waals surface area contributed by atoms with Crippen LogP contribution in [0.5, 0.6) is 0 Å². The Morgan fingerprint density at radius 3 is 2.56 bits per heavy atom. The summed E-state index contributed by atoms with van der Waals surface area (Å²) in [6.07, 6.45) is 9.67. The van der Waals surface area contributed by atoms with E-state index in [0.717, 1.165) is 24.1 Å². The van der Waals surface area contributed by atoms with E-state index in [-0.39, 0.29) is 0 Å². The maximum Gasteiger partial charge on any atom is 0.170 e. The number of allylic oxidation sites excluding steroid dienone is 2. The SMILES string of the molecule is Nc1ncccc1-c1cc(Cc2ccc(CC3=CCCC3)cc2)no1. The number of nitrogens with zero attached hydrogens (tertiary/aromatic N) is 2. The fourth-order valence-electron chi connectivity index (χ4n) is 3.29. The van der Waals surface area contributed by atoms with Gasteiger partial charge in [-0.1, -0.05) is 41.1 Å². The first-order chi connectivity index (χ1) is 12.3. The molecule has 0 fully saturated rings. The van der Waals surface area contributed by atoms with Crippen LogP contribution in [0.25, 0.3) is 11.3 Å². The van der Waals surface area contributed by atoms with Crippen molar-refractivity contribution < 1.29 is 4.52 Å². The standard InChI is InChI=1S/C21H21N3O/c22-21-19(6-3-11-23-21)20-14-18(24-25-20)13-17-9-7-16(8-10-17)12-15-4-1-2-5-15/h3-4,6-11,14H,1-2,5,12-13H2,(H2,22,23). The fourth-order valence-corrected chi connectivity index (χ4v) is 3.29. The lowest BCUT2D eigenvalue weighted by Crippen LogP contribution is -1.92. The van der Waals surface area contributed by atoms with Crippen LogP contribution in [0.2, 0.25) is 0 Å². The van der Waals surface area contributed by atoms with Gasteiger partial charge in [0.05, 0.1) is 11.3 Å². The maximum absolute atomic E-state index is 5.89. The summed E-state index contributed by atoms with van der Waals surface area (Å²) in [5.41, 5.74) is 11.7. The van der Waals surface area contributed by atoms with Crippen LogP contribution in [0.3, 0.4) is 0 Å². The Kier molecular flexibility index (Phi) is 4.34. The maximum atomic E-state index is 5.89. The molecule has 1 aliphatic rings. The van der Waals surface area contributed by atoms with Crippen molar-refractivity contribution in [1.29, 1.82) is 0 Å². The van der Waals surface area contributed by atoms with Crippen LogP contribution in [0.4, 0.5) is 5.82 Å². The Bertz CT molecular complexity index is 894. The zero-order chi connectivity index (χ0) is 17.1. The average Bonchev–Trinajstić information content (AvgIpc) is 3.29. The second-order valence-electron chi connectivity index (χ2n) is 6.54. The van der Waals surface area contributed by atoms with Crippen molar-refractivity contribution in [2.24, 2.45) is 0 Å². The van der Waals surface area contributed by atoms with Crippen molar-refractivity contribution >= 4 is 5.82 Å².